The fraction of sp³-hybridized carbons (Fsp3) is 0.167. The Balaban J connectivity index is 2.09. The fourth-order valence-electron chi connectivity index (χ4n) is 2.60. The number of rotatable bonds is 4. The van der Waals surface area contributed by atoms with Crippen LogP contribution >= 0.6 is 23.2 Å². The van der Waals surface area contributed by atoms with Crippen molar-refractivity contribution in [1.82, 2.24) is 0 Å². The van der Waals surface area contributed by atoms with E-state index in [4.69, 9.17) is 32.7 Å². The topological polar surface area (TPSA) is 47.6 Å². The summed E-state index contributed by atoms with van der Waals surface area (Å²) in [5.74, 6) is 0.821. The van der Waals surface area contributed by atoms with Crippen LogP contribution in [0.2, 0.25) is 10.0 Å². The van der Waals surface area contributed by atoms with Gasteiger partial charge in [0.1, 0.15) is 0 Å². The Kier molecular flexibility index (Phi) is 4.69. The van der Waals surface area contributed by atoms with Crippen LogP contribution in [0.5, 0.6) is 11.5 Å². The molecule has 0 saturated carbocycles. The molecule has 0 saturated heterocycles. The Labute approximate surface area is 150 Å². The van der Waals surface area contributed by atoms with Gasteiger partial charge < -0.3 is 14.8 Å². The maximum atomic E-state index is 12.3. The average molecular weight is 364 g/mol. The number of hydrogen-bond acceptors (Lipinski definition) is 3. The minimum Gasteiger partial charge on any atom is -0.491 e. The van der Waals surface area contributed by atoms with Crippen molar-refractivity contribution in [2.45, 2.75) is 6.92 Å². The lowest BCUT2D eigenvalue weighted by molar-refractivity contribution is -0.110. The Morgan fingerprint density at radius 2 is 2.00 bits per heavy atom. The van der Waals surface area contributed by atoms with E-state index in [1.807, 2.05) is 6.92 Å². The molecule has 6 heteroatoms. The quantitative estimate of drug-likeness (QED) is 0.786. The Morgan fingerprint density at radius 3 is 2.71 bits per heavy atom. The van der Waals surface area contributed by atoms with Crippen LogP contribution in [0, 0.1) is 0 Å². The number of amides is 1. The first-order valence-electron chi connectivity index (χ1n) is 7.36. The molecular weight excluding hydrogens is 349 g/mol. The van der Waals surface area contributed by atoms with E-state index in [-0.39, 0.29) is 5.91 Å². The molecule has 4 nitrogen and oxygen atoms in total. The molecule has 0 atom stereocenters. The van der Waals surface area contributed by atoms with Gasteiger partial charge in [-0.25, -0.2) is 0 Å². The minimum atomic E-state index is -0.183. The molecule has 0 bridgehead atoms. The van der Waals surface area contributed by atoms with Crippen LogP contribution in [0.15, 0.2) is 30.3 Å². The third-order valence-corrected chi connectivity index (χ3v) is 4.13. The van der Waals surface area contributed by atoms with Crippen LogP contribution in [0.3, 0.4) is 0 Å². The van der Waals surface area contributed by atoms with E-state index < -0.39 is 0 Å². The second-order valence-corrected chi connectivity index (χ2v) is 6.01. The fourth-order valence-corrected chi connectivity index (χ4v) is 3.07. The van der Waals surface area contributed by atoms with Gasteiger partial charge in [-0.3, -0.25) is 4.79 Å². The van der Waals surface area contributed by atoms with E-state index in [2.05, 4.69) is 5.32 Å². The van der Waals surface area contributed by atoms with E-state index in [0.717, 1.165) is 16.8 Å². The van der Waals surface area contributed by atoms with Gasteiger partial charge in [-0.05, 0) is 48.9 Å². The number of benzene rings is 2. The summed E-state index contributed by atoms with van der Waals surface area (Å²) in [5, 5.41) is 3.80. The van der Waals surface area contributed by atoms with E-state index in [1.165, 1.54) is 7.11 Å². The molecule has 2 aromatic rings. The molecule has 1 aliphatic rings. The summed E-state index contributed by atoms with van der Waals surface area (Å²) in [7, 11) is 1.53. The highest BCUT2D eigenvalue weighted by molar-refractivity contribution is 6.37. The largest absolute Gasteiger partial charge is 0.491 e. The Bertz CT molecular complexity index is 846. The monoisotopic (exact) mass is 363 g/mol. The lowest BCUT2D eigenvalue weighted by Crippen LogP contribution is -2.03. The van der Waals surface area contributed by atoms with Crippen molar-refractivity contribution in [2.24, 2.45) is 0 Å². The number of halogens is 2. The first-order chi connectivity index (χ1) is 11.5. The first-order valence-corrected chi connectivity index (χ1v) is 8.12. The molecule has 1 heterocycles. The van der Waals surface area contributed by atoms with Crippen LogP contribution < -0.4 is 14.8 Å². The average Bonchev–Trinajstić information content (AvgIpc) is 2.83. The maximum absolute atomic E-state index is 12.3. The second kappa shape index (κ2) is 6.75. The van der Waals surface area contributed by atoms with Gasteiger partial charge in [-0.1, -0.05) is 23.2 Å². The van der Waals surface area contributed by atoms with Gasteiger partial charge in [0.05, 0.1) is 18.7 Å². The zero-order valence-corrected chi connectivity index (χ0v) is 14.7. The Hall–Kier alpha value is -2.17. The van der Waals surface area contributed by atoms with Gasteiger partial charge in [0, 0.05) is 21.8 Å². The number of nitrogens with one attached hydrogen (secondary N) is 1. The van der Waals surface area contributed by atoms with Gasteiger partial charge in [0.15, 0.2) is 11.5 Å². The van der Waals surface area contributed by atoms with E-state index in [9.17, 15) is 4.79 Å². The molecule has 0 aromatic heterocycles. The van der Waals surface area contributed by atoms with E-state index >= 15 is 0 Å². The van der Waals surface area contributed by atoms with Crippen molar-refractivity contribution in [1.29, 1.82) is 0 Å². The van der Waals surface area contributed by atoms with Gasteiger partial charge in [0.2, 0.25) is 0 Å². The first kappa shape index (κ1) is 16.7. The van der Waals surface area contributed by atoms with Crippen LogP contribution in [-0.4, -0.2) is 19.6 Å². The maximum Gasteiger partial charge on any atom is 0.256 e. The number of carbonyl (C=O) groups is 1. The summed E-state index contributed by atoms with van der Waals surface area (Å²) in [4.78, 5) is 12.3. The second-order valence-electron chi connectivity index (χ2n) is 5.17. The number of ether oxygens (including phenoxy) is 2. The SMILES string of the molecule is CCOc1cc(C=C2C(=O)Nc3ccc(Cl)cc32)cc(Cl)c1OC. The summed E-state index contributed by atoms with van der Waals surface area (Å²) in [6.07, 6.45) is 1.76. The molecular formula is C18H15Cl2NO3. The highest BCUT2D eigenvalue weighted by atomic mass is 35.5. The van der Waals surface area contributed by atoms with Gasteiger partial charge in [-0.2, -0.15) is 0 Å². The summed E-state index contributed by atoms with van der Waals surface area (Å²) in [6.45, 7) is 2.35. The third-order valence-electron chi connectivity index (χ3n) is 3.61. The highest BCUT2D eigenvalue weighted by Crippen LogP contribution is 2.39. The molecule has 2 aromatic carbocycles. The summed E-state index contributed by atoms with van der Waals surface area (Å²) in [6, 6.07) is 8.79. The smallest absolute Gasteiger partial charge is 0.256 e. The zero-order valence-electron chi connectivity index (χ0n) is 13.2. The molecule has 1 N–H and O–H groups in total. The van der Waals surface area contributed by atoms with Gasteiger partial charge in [0.25, 0.3) is 5.91 Å². The summed E-state index contributed by atoms with van der Waals surface area (Å²) >= 11 is 12.3. The number of hydrogen-bond donors (Lipinski definition) is 1. The predicted octanol–water partition coefficient (Wildman–Crippen LogP) is 4.89. The molecule has 24 heavy (non-hydrogen) atoms. The van der Waals surface area contributed by atoms with Crippen molar-refractivity contribution >= 4 is 46.4 Å². The normalized spacial score (nSPS) is 14.5. The van der Waals surface area contributed by atoms with Crippen molar-refractivity contribution < 1.29 is 14.3 Å². The van der Waals surface area contributed by atoms with Crippen molar-refractivity contribution in [2.75, 3.05) is 19.0 Å². The standard InChI is InChI=1S/C18H15Cl2NO3/c1-3-24-16-8-10(7-14(20)17(16)23-2)6-13-12-9-11(19)4-5-15(12)21-18(13)22/h4-9H,3H2,1-2H3,(H,21,22). The predicted molar refractivity (Wildman–Crippen MR) is 97.1 cm³/mol. The number of carbonyl (C=O) groups excluding carboxylic acids is 1. The zero-order chi connectivity index (χ0) is 17.3. The molecule has 3 rings (SSSR count). The van der Waals surface area contributed by atoms with Crippen LogP contribution in [0.25, 0.3) is 11.6 Å². The van der Waals surface area contributed by atoms with Crippen molar-refractivity contribution in [3.63, 3.8) is 0 Å². The number of fused-ring (bicyclic) bond motifs is 1. The lowest BCUT2D eigenvalue weighted by Gasteiger charge is -2.12. The van der Waals surface area contributed by atoms with E-state index in [1.54, 1.807) is 36.4 Å². The summed E-state index contributed by atoms with van der Waals surface area (Å²) < 4.78 is 10.8. The molecule has 0 radical (unpaired) electrons. The highest BCUT2D eigenvalue weighted by Gasteiger charge is 2.24. The summed E-state index contributed by atoms with van der Waals surface area (Å²) in [5.41, 5.74) is 2.76. The number of methoxy groups -OCH3 is 1. The van der Waals surface area contributed by atoms with Crippen molar-refractivity contribution in [3.8, 4) is 11.5 Å². The van der Waals surface area contributed by atoms with Crippen molar-refractivity contribution in [3.05, 3.63) is 51.5 Å². The molecule has 0 aliphatic carbocycles. The van der Waals surface area contributed by atoms with Crippen LogP contribution in [0.4, 0.5) is 5.69 Å². The molecule has 0 fully saturated rings. The van der Waals surface area contributed by atoms with Crippen LogP contribution in [0.1, 0.15) is 18.1 Å². The third kappa shape index (κ3) is 3.07. The van der Waals surface area contributed by atoms with Crippen LogP contribution in [-0.2, 0) is 4.79 Å². The lowest BCUT2D eigenvalue weighted by atomic mass is 10.0. The molecule has 0 unspecified atom stereocenters. The van der Waals surface area contributed by atoms with Gasteiger partial charge in [-0.15, -0.1) is 0 Å². The van der Waals surface area contributed by atoms with Gasteiger partial charge >= 0.3 is 0 Å². The molecule has 1 amide bonds. The van der Waals surface area contributed by atoms with E-state index in [0.29, 0.717) is 33.7 Å². The molecule has 124 valence electrons. The number of anilines is 1. The minimum absolute atomic E-state index is 0.183. The Morgan fingerprint density at radius 1 is 1.21 bits per heavy atom. The molecule has 0 spiro atoms. The molecule has 1 aliphatic heterocycles.